The van der Waals surface area contributed by atoms with E-state index in [4.69, 9.17) is 11.6 Å². The monoisotopic (exact) mass is 386 g/mol. The number of halogens is 1. The molecule has 1 N–H and O–H groups in total. The first-order chi connectivity index (χ1) is 13.0. The number of benzene rings is 1. The summed E-state index contributed by atoms with van der Waals surface area (Å²) in [6, 6.07) is 10.8. The number of anilines is 1. The van der Waals surface area contributed by atoms with Gasteiger partial charge in [-0.3, -0.25) is 9.78 Å². The average Bonchev–Trinajstić information content (AvgIpc) is 2.69. The fourth-order valence-corrected chi connectivity index (χ4v) is 3.40. The molecule has 0 aliphatic carbocycles. The highest BCUT2D eigenvalue weighted by Crippen LogP contribution is 2.21. The molecule has 1 fully saturated rings. The first-order valence-electron chi connectivity index (χ1n) is 9.00. The summed E-state index contributed by atoms with van der Waals surface area (Å²) in [4.78, 5) is 32.4. The summed E-state index contributed by atoms with van der Waals surface area (Å²) in [6.45, 7) is 3.38. The summed E-state index contributed by atoms with van der Waals surface area (Å²) in [6.07, 6.45) is 5.00. The first kappa shape index (κ1) is 19.2. The van der Waals surface area contributed by atoms with Gasteiger partial charge in [-0.25, -0.2) is 4.79 Å². The van der Waals surface area contributed by atoms with Crippen molar-refractivity contribution in [2.24, 2.45) is 0 Å². The van der Waals surface area contributed by atoms with E-state index in [9.17, 15) is 9.59 Å². The van der Waals surface area contributed by atoms with Crippen molar-refractivity contribution in [2.45, 2.75) is 32.4 Å². The summed E-state index contributed by atoms with van der Waals surface area (Å²) in [5.41, 5.74) is 1.67. The molecule has 0 atom stereocenters. The Kier molecular flexibility index (Phi) is 6.29. The van der Waals surface area contributed by atoms with E-state index in [2.05, 4.69) is 10.3 Å². The number of aromatic nitrogens is 1. The number of likely N-dealkylation sites (tertiary alicyclic amines) is 1. The van der Waals surface area contributed by atoms with E-state index >= 15 is 0 Å². The Balaban J connectivity index is 1.73. The van der Waals surface area contributed by atoms with Crippen molar-refractivity contribution < 1.29 is 9.59 Å². The van der Waals surface area contributed by atoms with Crippen LogP contribution in [0, 0.1) is 0 Å². The van der Waals surface area contributed by atoms with E-state index in [1.807, 2.05) is 21.9 Å². The molecule has 0 spiro atoms. The minimum atomic E-state index is -0.164. The van der Waals surface area contributed by atoms with Crippen molar-refractivity contribution in [1.82, 2.24) is 14.8 Å². The molecule has 0 unspecified atom stereocenters. The molecular formula is C20H23ClN4O2. The zero-order chi connectivity index (χ0) is 19.2. The molecule has 3 rings (SSSR count). The van der Waals surface area contributed by atoms with Crippen LogP contribution in [0.3, 0.4) is 0 Å². The fourth-order valence-electron chi connectivity index (χ4n) is 3.28. The first-order valence-corrected chi connectivity index (χ1v) is 9.38. The third kappa shape index (κ3) is 5.20. The van der Waals surface area contributed by atoms with E-state index in [1.54, 1.807) is 43.6 Å². The van der Waals surface area contributed by atoms with Crippen molar-refractivity contribution >= 4 is 29.2 Å². The van der Waals surface area contributed by atoms with Gasteiger partial charge in [0.25, 0.3) is 0 Å². The van der Waals surface area contributed by atoms with E-state index in [0.717, 1.165) is 18.4 Å². The summed E-state index contributed by atoms with van der Waals surface area (Å²) >= 11 is 5.92. The standard InChI is InChI=1S/C20H23ClN4O2/c1-15(26)24-11-8-19(9-12-24)25(14-16-3-2-10-22-13-16)20(27)23-18-6-4-17(21)5-7-18/h2-7,10,13,19H,8-9,11-12,14H2,1H3,(H,23,27). The maximum atomic E-state index is 13.0. The Hall–Kier alpha value is -2.60. The number of nitrogens with zero attached hydrogens (tertiary/aromatic N) is 3. The van der Waals surface area contributed by atoms with E-state index in [-0.39, 0.29) is 18.0 Å². The average molecular weight is 387 g/mol. The molecule has 0 saturated carbocycles. The molecule has 1 aromatic carbocycles. The van der Waals surface area contributed by atoms with Crippen molar-refractivity contribution in [3.8, 4) is 0 Å². The molecule has 27 heavy (non-hydrogen) atoms. The maximum absolute atomic E-state index is 13.0. The number of nitrogens with one attached hydrogen (secondary N) is 1. The number of amides is 3. The highest BCUT2D eigenvalue weighted by molar-refractivity contribution is 6.30. The van der Waals surface area contributed by atoms with E-state index in [0.29, 0.717) is 30.3 Å². The van der Waals surface area contributed by atoms with E-state index < -0.39 is 0 Å². The van der Waals surface area contributed by atoms with Gasteiger partial charge in [-0.05, 0) is 48.7 Å². The lowest BCUT2D eigenvalue weighted by Crippen LogP contribution is -2.49. The summed E-state index contributed by atoms with van der Waals surface area (Å²) in [5, 5.41) is 3.57. The second kappa shape index (κ2) is 8.86. The smallest absolute Gasteiger partial charge is 0.322 e. The van der Waals surface area contributed by atoms with Crippen LogP contribution < -0.4 is 5.32 Å². The van der Waals surface area contributed by atoms with Gasteiger partial charge in [0.15, 0.2) is 0 Å². The molecule has 7 heteroatoms. The highest BCUT2D eigenvalue weighted by Gasteiger charge is 2.29. The van der Waals surface area contributed by atoms with Crippen LogP contribution in [0.1, 0.15) is 25.3 Å². The molecule has 2 heterocycles. The SMILES string of the molecule is CC(=O)N1CCC(N(Cc2cccnc2)C(=O)Nc2ccc(Cl)cc2)CC1. The second-order valence-electron chi connectivity index (χ2n) is 6.66. The zero-order valence-corrected chi connectivity index (χ0v) is 16.0. The lowest BCUT2D eigenvalue weighted by molar-refractivity contribution is -0.130. The number of hydrogen-bond donors (Lipinski definition) is 1. The van der Waals surface area contributed by atoms with Gasteiger partial charge in [0.2, 0.25) is 5.91 Å². The lowest BCUT2D eigenvalue weighted by atomic mass is 10.0. The molecule has 1 aliphatic rings. The predicted molar refractivity (Wildman–Crippen MR) is 106 cm³/mol. The predicted octanol–water partition coefficient (Wildman–Crippen LogP) is 3.78. The summed E-state index contributed by atoms with van der Waals surface area (Å²) < 4.78 is 0. The number of carbonyl (C=O) groups is 2. The van der Waals surface area contributed by atoms with Gasteiger partial charge in [-0.15, -0.1) is 0 Å². The minimum absolute atomic E-state index is 0.0631. The second-order valence-corrected chi connectivity index (χ2v) is 7.10. The molecule has 1 aromatic heterocycles. The Morgan fingerprint density at radius 3 is 2.52 bits per heavy atom. The van der Waals surface area contributed by atoms with Crippen LogP contribution in [-0.4, -0.2) is 45.9 Å². The third-order valence-electron chi connectivity index (χ3n) is 4.78. The van der Waals surface area contributed by atoms with Gasteiger partial charge in [0.05, 0.1) is 0 Å². The summed E-state index contributed by atoms with van der Waals surface area (Å²) in [5.74, 6) is 0.0814. The Morgan fingerprint density at radius 1 is 1.22 bits per heavy atom. The number of carbonyl (C=O) groups excluding carboxylic acids is 2. The largest absolute Gasteiger partial charge is 0.343 e. The molecule has 0 radical (unpaired) electrons. The van der Waals surface area contributed by atoms with Gasteiger partial charge >= 0.3 is 6.03 Å². The van der Waals surface area contributed by atoms with Crippen LogP contribution in [0.4, 0.5) is 10.5 Å². The zero-order valence-electron chi connectivity index (χ0n) is 15.3. The van der Waals surface area contributed by atoms with Crippen LogP contribution in [-0.2, 0) is 11.3 Å². The number of rotatable bonds is 4. The fraction of sp³-hybridized carbons (Fsp3) is 0.350. The summed E-state index contributed by atoms with van der Waals surface area (Å²) in [7, 11) is 0. The van der Waals surface area contributed by atoms with Crippen LogP contribution in [0.5, 0.6) is 0 Å². The van der Waals surface area contributed by atoms with Crippen LogP contribution >= 0.6 is 11.6 Å². The van der Waals surface area contributed by atoms with Gasteiger partial charge in [-0.1, -0.05) is 17.7 Å². The Morgan fingerprint density at radius 2 is 1.93 bits per heavy atom. The minimum Gasteiger partial charge on any atom is -0.343 e. The quantitative estimate of drug-likeness (QED) is 0.869. The number of piperidine rings is 1. The van der Waals surface area contributed by atoms with Crippen molar-refractivity contribution in [3.05, 3.63) is 59.4 Å². The molecule has 3 amide bonds. The molecule has 2 aromatic rings. The lowest BCUT2D eigenvalue weighted by Gasteiger charge is -2.38. The molecule has 1 saturated heterocycles. The maximum Gasteiger partial charge on any atom is 0.322 e. The van der Waals surface area contributed by atoms with Crippen LogP contribution in [0.25, 0.3) is 0 Å². The van der Waals surface area contributed by atoms with Gasteiger partial charge < -0.3 is 15.1 Å². The van der Waals surface area contributed by atoms with Gasteiger partial charge in [-0.2, -0.15) is 0 Å². The van der Waals surface area contributed by atoms with E-state index in [1.165, 1.54) is 0 Å². The molecule has 142 valence electrons. The Labute approximate surface area is 164 Å². The topological polar surface area (TPSA) is 65.5 Å². The molecule has 0 bridgehead atoms. The van der Waals surface area contributed by atoms with Gasteiger partial charge in [0.1, 0.15) is 0 Å². The number of pyridine rings is 1. The highest BCUT2D eigenvalue weighted by atomic mass is 35.5. The van der Waals surface area contributed by atoms with Crippen molar-refractivity contribution in [3.63, 3.8) is 0 Å². The normalized spacial score (nSPS) is 14.7. The van der Waals surface area contributed by atoms with Crippen LogP contribution in [0.2, 0.25) is 5.02 Å². The van der Waals surface area contributed by atoms with Crippen LogP contribution in [0.15, 0.2) is 48.8 Å². The molecular weight excluding hydrogens is 364 g/mol. The molecule has 1 aliphatic heterocycles. The Bertz CT molecular complexity index is 774. The van der Waals surface area contributed by atoms with Gasteiger partial charge in [0, 0.05) is 55.7 Å². The number of urea groups is 1. The number of hydrogen-bond acceptors (Lipinski definition) is 3. The van der Waals surface area contributed by atoms with Crippen molar-refractivity contribution in [1.29, 1.82) is 0 Å². The van der Waals surface area contributed by atoms with Crippen molar-refractivity contribution in [2.75, 3.05) is 18.4 Å². The third-order valence-corrected chi connectivity index (χ3v) is 5.03. The molecule has 6 nitrogen and oxygen atoms in total.